The Labute approximate surface area is 329 Å². The van der Waals surface area contributed by atoms with Gasteiger partial charge in [0.25, 0.3) is 0 Å². The van der Waals surface area contributed by atoms with Gasteiger partial charge in [-0.05, 0) is 78.2 Å². The van der Waals surface area contributed by atoms with Crippen molar-refractivity contribution >= 4 is 43.4 Å². The van der Waals surface area contributed by atoms with Gasteiger partial charge < -0.3 is 0 Å². The number of nitrogens with zero attached hydrogens (tertiary/aromatic N) is 4. The van der Waals surface area contributed by atoms with Crippen molar-refractivity contribution in [1.29, 1.82) is 0 Å². The number of hydrogen-bond acceptors (Lipinski definition) is 3. The van der Waals surface area contributed by atoms with E-state index in [-0.39, 0.29) is 0 Å². The molecule has 0 spiro atoms. The first kappa shape index (κ1) is 31.6. The number of benzene rings is 9. The highest BCUT2D eigenvalue weighted by Crippen LogP contribution is 2.51. The largest absolute Gasteiger partial charge is 0.278 e. The lowest BCUT2D eigenvalue weighted by Gasteiger charge is -2.12. The zero-order valence-corrected chi connectivity index (χ0v) is 30.8. The Balaban J connectivity index is 1.15. The van der Waals surface area contributed by atoms with E-state index >= 15 is 0 Å². The number of rotatable bonds is 5. The van der Waals surface area contributed by atoms with Crippen molar-refractivity contribution in [2.45, 2.75) is 0 Å². The van der Waals surface area contributed by atoms with Crippen LogP contribution >= 0.6 is 0 Å². The maximum atomic E-state index is 5.35. The molecule has 12 rings (SSSR count). The highest BCUT2D eigenvalue weighted by molar-refractivity contribution is 6.33. The zero-order chi connectivity index (χ0) is 37.5. The van der Waals surface area contributed by atoms with Gasteiger partial charge in [-0.1, -0.05) is 182 Å². The molecule has 0 fully saturated rings. The van der Waals surface area contributed by atoms with Crippen molar-refractivity contribution in [3.63, 3.8) is 0 Å². The van der Waals surface area contributed by atoms with E-state index in [0.717, 1.165) is 33.3 Å². The lowest BCUT2D eigenvalue weighted by Crippen LogP contribution is -2.06. The lowest BCUT2D eigenvalue weighted by atomic mass is 9.96. The van der Waals surface area contributed by atoms with Crippen molar-refractivity contribution in [3.05, 3.63) is 194 Å². The topological polar surface area (TPSA) is 43.6 Å². The number of aromatic nitrogens is 4. The van der Waals surface area contributed by atoms with Gasteiger partial charge in [-0.2, -0.15) is 9.97 Å². The fourth-order valence-electron chi connectivity index (χ4n) is 8.96. The molecule has 0 saturated heterocycles. The molecule has 0 saturated carbocycles. The van der Waals surface area contributed by atoms with E-state index in [1.807, 2.05) is 12.1 Å². The van der Waals surface area contributed by atoms with E-state index in [9.17, 15) is 0 Å². The van der Waals surface area contributed by atoms with Gasteiger partial charge in [0.05, 0.1) is 11.0 Å². The standard InChI is InChI=1S/C53H32N4/c1-3-12-33(13-4-1)35-22-26-38(27-23-35)51-54-52(39-28-24-36(25-29-39)34-14-5-2-6-15-34)56-53(55-51)57-46-31-30-37-16-7-8-17-40(37)49(46)50-44-21-11-20-43-41-18-9-10-19-42(41)45(48(43)44)32-47(50)57/h1-32H. The first-order valence-electron chi connectivity index (χ1n) is 19.4. The van der Waals surface area contributed by atoms with E-state index in [1.54, 1.807) is 0 Å². The van der Waals surface area contributed by atoms with Gasteiger partial charge >= 0.3 is 0 Å². The smallest absolute Gasteiger partial charge is 0.238 e. The fourth-order valence-corrected chi connectivity index (χ4v) is 8.96. The first-order valence-corrected chi connectivity index (χ1v) is 19.4. The monoisotopic (exact) mass is 724 g/mol. The molecule has 4 heteroatoms. The Morgan fingerprint density at radius 2 is 0.789 bits per heavy atom. The summed E-state index contributed by atoms with van der Waals surface area (Å²) in [6.07, 6.45) is 0. The molecule has 57 heavy (non-hydrogen) atoms. The SMILES string of the molecule is c1ccc(-c2ccc(-c3nc(-c4ccc(-c5ccccc5)cc4)nc(-n4c5ccc6ccccc6c5c5c6cccc7c6c(cc54)-c4ccccc4-7)n3)cc2)cc1. The molecule has 0 unspecified atom stereocenters. The van der Waals surface area contributed by atoms with Crippen LogP contribution in [0.1, 0.15) is 0 Å². The van der Waals surface area contributed by atoms with Gasteiger partial charge in [0.15, 0.2) is 11.6 Å². The molecule has 2 aromatic heterocycles. The third-order valence-electron chi connectivity index (χ3n) is 11.6. The molecule has 264 valence electrons. The molecular weight excluding hydrogens is 693 g/mol. The Bertz CT molecular complexity index is 3260. The molecule has 0 N–H and O–H groups in total. The van der Waals surface area contributed by atoms with Crippen LogP contribution in [0.3, 0.4) is 0 Å². The Kier molecular flexibility index (Phi) is 6.89. The third-order valence-corrected chi connectivity index (χ3v) is 11.6. The van der Waals surface area contributed by atoms with Crippen LogP contribution in [-0.4, -0.2) is 19.5 Å². The summed E-state index contributed by atoms with van der Waals surface area (Å²) < 4.78 is 2.27. The molecule has 11 aromatic rings. The van der Waals surface area contributed by atoms with Crippen LogP contribution in [-0.2, 0) is 0 Å². The summed E-state index contributed by atoms with van der Waals surface area (Å²) in [5.74, 6) is 1.82. The molecule has 0 radical (unpaired) electrons. The average Bonchev–Trinajstić information content (AvgIpc) is 3.81. The Hall–Kier alpha value is -7.69. The summed E-state index contributed by atoms with van der Waals surface area (Å²) in [6, 6.07) is 69.0. The van der Waals surface area contributed by atoms with Crippen molar-refractivity contribution in [1.82, 2.24) is 19.5 Å². The van der Waals surface area contributed by atoms with Gasteiger partial charge in [0.2, 0.25) is 5.95 Å². The van der Waals surface area contributed by atoms with Crippen LogP contribution in [0.2, 0.25) is 0 Å². The fraction of sp³-hybridized carbons (Fsp3) is 0. The molecule has 0 atom stereocenters. The van der Waals surface area contributed by atoms with E-state index in [4.69, 9.17) is 15.0 Å². The van der Waals surface area contributed by atoms with Crippen LogP contribution in [0.4, 0.5) is 0 Å². The van der Waals surface area contributed by atoms with Gasteiger partial charge in [0, 0.05) is 21.9 Å². The second-order valence-electron chi connectivity index (χ2n) is 14.8. The minimum absolute atomic E-state index is 0.582. The quantitative estimate of drug-likeness (QED) is 0.177. The molecule has 0 aliphatic heterocycles. The van der Waals surface area contributed by atoms with Crippen molar-refractivity contribution in [2.75, 3.05) is 0 Å². The van der Waals surface area contributed by atoms with E-state index in [2.05, 4.69) is 187 Å². The average molecular weight is 725 g/mol. The molecule has 1 aliphatic rings. The minimum atomic E-state index is 0.582. The van der Waals surface area contributed by atoms with E-state index in [1.165, 1.54) is 65.7 Å². The Morgan fingerprint density at radius 3 is 1.44 bits per heavy atom. The number of fused-ring (bicyclic) bond motifs is 9. The second-order valence-corrected chi connectivity index (χ2v) is 14.8. The summed E-state index contributed by atoms with van der Waals surface area (Å²) >= 11 is 0. The molecular formula is C53H32N4. The van der Waals surface area contributed by atoms with Crippen molar-refractivity contribution < 1.29 is 0 Å². The second kappa shape index (κ2) is 12.4. The number of hydrogen-bond donors (Lipinski definition) is 0. The van der Waals surface area contributed by atoms with Crippen molar-refractivity contribution in [2.24, 2.45) is 0 Å². The summed E-state index contributed by atoms with van der Waals surface area (Å²) in [4.78, 5) is 15.9. The summed E-state index contributed by atoms with van der Waals surface area (Å²) in [7, 11) is 0. The van der Waals surface area contributed by atoms with Crippen LogP contribution in [0.25, 0.3) is 117 Å². The van der Waals surface area contributed by atoms with Gasteiger partial charge in [-0.25, -0.2) is 4.98 Å². The van der Waals surface area contributed by atoms with Crippen LogP contribution in [0.5, 0.6) is 0 Å². The maximum absolute atomic E-state index is 5.35. The van der Waals surface area contributed by atoms with E-state index < -0.39 is 0 Å². The lowest BCUT2D eigenvalue weighted by molar-refractivity contribution is 0.954. The minimum Gasteiger partial charge on any atom is -0.278 e. The van der Waals surface area contributed by atoms with Crippen LogP contribution in [0.15, 0.2) is 194 Å². The van der Waals surface area contributed by atoms with Crippen LogP contribution < -0.4 is 0 Å². The maximum Gasteiger partial charge on any atom is 0.238 e. The highest BCUT2D eigenvalue weighted by Gasteiger charge is 2.27. The predicted molar refractivity (Wildman–Crippen MR) is 235 cm³/mol. The normalized spacial score (nSPS) is 11.9. The summed E-state index contributed by atoms with van der Waals surface area (Å²) in [5.41, 5.74) is 13.6. The molecule has 1 aliphatic carbocycles. The Morgan fingerprint density at radius 1 is 0.298 bits per heavy atom. The van der Waals surface area contributed by atoms with Gasteiger partial charge in [-0.3, -0.25) is 4.57 Å². The van der Waals surface area contributed by atoms with Crippen LogP contribution in [0, 0.1) is 0 Å². The van der Waals surface area contributed by atoms with Gasteiger partial charge in [0.1, 0.15) is 0 Å². The first-order chi connectivity index (χ1) is 28.3. The summed E-state index contributed by atoms with van der Waals surface area (Å²) in [5, 5.41) is 7.34. The third kappa shape index (κ3) is 4.91. The molecule has 4 nitrogen and oxygen atoms in total. The van der Waals surface area contributed by atoms with Gasteiger partial charge in [-0.15, -0.1) is 0 Å². The molecule has 9 aromatic carbocycles. The molecule has 2 heterocycles. The molecule has 0 bridgehead atoms. The zero-order valence-electron chi connectivity index (χ0n) is 30.8. The molecule has 0 amide bonds. The predicted octanol–water partition coefficient (Wildman–Crippen LogP) is 13.6. The highest BCUT2D eigenvalue weighted by atomic mass is 15.2. The van der Waals surface area contributed by atoms with E-state index in [0.29, 0.717) is 17.6 Å². The summed E-state index contributed by atoms with van der Waals surface area (Å²) in [6.45, 7) is 0. The van der Waals surface area contributed by atoms with Crippen molar-refractivity contribution in [3.8, 4) is 73.2 Å².